The number of aromatic carboxylic acids is 1. The summed E-state index contributed by atoms with van der Waals surface area (Å²) in [5, 5.41) is 11.8. The van der Waals surface area contributed by atoms with E-state index in [-0.39, 0.29) is 29.8 Å². The van der Waals surface area contributed by atoms with Gasteiger partial charge in [0.2, 0.25) is 5.91 Å². The maximum Gasteiger partial charge on any atom is 0.335 e. The molecule has 0 heterocycles. The lowest BCUT2D eigenvalue weighted by Crippen LogP contribution is -2.35. The number of nitrogens with one attached hydrogen (secondary N) is 1. The van der Waals surface area contributed by atoms with Gasteiger partial charge in [0.25, 0.3) is 0 Å². The molecule has 1 atom stereocenters. The number of halogens is 1. The molecule has 0 aromatic heterocycles. The Morgan fingerprint density at radius 3 is 2.42 bits per heavy atom. The zero-order valence-corrected chi connectivity index (χ0v) is 13.7. The minimum absolute atomic E-state index is 0.0834. The van der Waals surface area contributed by atoms with Crippen LogP contribution in [0.25, 0.3) is 0 Å². The Labute approximate surface area is 140 Å². The van der Waals surface area contributed by atoms with E-state index in [4.69, 9.17) is 5.11 Å². The summed E-state index contributed by atoms with van der Waals surface area (Å²) in [5.74, 6) is -1.39. The SMILES string of the molecule is Cc1cc(F)ccc1CC(C)NC(=O)Cc1ccc(C(=O)O)cc1. The summed E-state index contributed by atoms with van der Waals surface area (Å²) >= 11 is 0. The van der Waals surface area contributed by atoms with E-state index in [1.54, 1.807) is 18.2 Å². The predicted octanol–water partition coefficient (Wildman–Crippen LogP) is 3.12. The van der Waals surface area contributed by atoms with Crippen molar-refractivity contribution < 1.29 is 19.1 Å². The van der Waals surface area contributed by atoms with Gasteiger partial charge in [0, 0.05) is 6.04 Å². The summed E-state index contributed by atoms with van der Waals surface area (Å²) in [4.78, 5) is 22.9. The lowest BCUT2D eigenvalue weighted by Gasteiger charge is -2.15. The highest BCUT2D eigenvalue weighted by atomic mass is 19.1. The largest absolute Gasteiger partial charge is 0.478 e. The molecule has 0 aliphatic heterocycles. The van der Waals surface area contributed by atoms with Crippen LogP contribution in [0.2, 0.25) is 0 Å². The minimum atomic E-state index is -0.991. The lowest BCUT2D eigenvalue weighted by atomic mass is 10.0. The number of carbonyl (C=O) groups is 2. The average Bonchev–Trinajstić information content (AvgIpc) is 2.50. The van der Waals surface area contributed by atoms with E-state index < -0.39 is 5.97 Å². The number of carboxylic acid groups (broad SMARTS) is 1. The average molecular weight is 329 g/mol. The molecule has 0 radical (unpaired) electrons. The molecule has 2 N–H and O–H groups in total. The van der Waals surface area contributed by atoms with Crippen molar-refractivity contribution in [2.45, 2.75) is 32.7 Å². The van der Waals surface area contributed by atoms with Crippen LogP contribution in [0.5, 0.6) is 0 Å². The van der Waals surface area contributed by atoms with Crippen LogP contribution < -0.4 is 5.32 Å². The van der Waals surface area contributed by atoms with E-state index in [0.717, 1.165) is 16.7 Å². The van der Waals surface area contributed by atoms with E-state index in [9.17, 15) is 14.0 Å². The minimum Gasteiger partial charge on any atom is -0.478 e. The highest BCUT2D eigenvalue weighted by Crippen LogP contribution is 2.12. The van der Waals surface area contributed by atoms with Gasteiger partial charge in [-0.15, -0.1) is 0 Å². The molecule has 4 nitrogen and oxygen atoms in total. The van der Waals surface area contributed by atoms with Gasteiger partial charge in [-0.25, -0.2) is 9.18 Å². The molecule has 2 aromatic carbocycles. The molecular formula is C19H20FNO3. The third kappa shape index (κ3) is 4.91. The summed E-state index contributed by atoms with van der Waals surface area (Å²) < 4.78 is 13.1. The van der Waals surface area contributed by atoms with Crippen LogP contribution >= 0.6 is 0 Å². The van der Waals surface area contributed by atoms with E-state index in [2.05, 4.69) is 5.32 Å². The number of carbonyl (C=O) groups excluding carboxylic acids is 1. The molecule has 0 saturated heterocycles. The maximum absolute atomic E-state index is 13.1. The van der Waals surface area contributed by atoms with Gasteiger partial charge in [-0.2, -0.15) is 0 Å². The number of hydrogen-bond donors (Lipinski definition) is 2. The molecule has 0 saturated carbocycles. The Hall–Kier alpha value is -2.69. The second kappa shape index (κ2) is 7.73. The normalized spacial score (nSPS) is 11.8. The van der Waals surface area contributed by atoms with E-state index in [1.165, 1.54) is 24.3 Å². The summed E-state index contributed by atoms with van der Waals surface area (Å²) in [7, 11) is 0. The summed E-state index contributed by atoms with van der Waals surface area (Å²) in [6.07, 6.45) is 0.808. The topological polar surface area (TPSA) is 66.4 Å². The number of benzene rings is 2. The first-order chi connectivity index (χ1) is 11.3. The fourth-order valence-electron chi connectivity index (χ4n) is 2.55. The molecule has 0 aliphatic carbocycles. The number of aryl methyl sites for hydroxylation is 1. The van der Waals surface area contributed by atoms with E-state index >= 15 is 0 Å². The van der Waals surface area contributed by atoms with E-state index in [1.807, 2.05) is 13.8 Å². The van der Waals surface area contributed by atoms with Crippen LogP contribution in [0.15, 0.2) is 42.5 Å². The molecular weight excluding hydrogens is 309 g/mol. The van der Waals surface area contributed by atoms with Gasteiger partial charge in [0.15, 0.2) is 0 Å². The Morgan fingerprint density at radius 2 is 1.83 bits per heavy atom. The van der Waals surface area contributed by atoms with Crippen LogP contribution in [0.3, 0.4) is 0 Å². The zero-order valence-electron chi connectivity index (χ0n) is 13.7. The van der Waals surface area contributed by atoms with Crippen LogP contribution in [0, 0.1) is 12.7 Å². The van der Waals surface area contributed by atoms with Gasteiger partial charge in [0.1, 0.15) is 5.82 Å². The second-order valence-electron chi connectivity index (χ2n) is 5.92. The van der Waals surface area contributed by atoms with Crippen LogP contribution in [0.4, 0.5) is 4.39 Å². The summed E-state index contributed by atoms with van der Waals surface area (Å²) in [6, 6.07) is 10.8. The lowest BCUT2D eigenvalue weighted by molar-refractivity contribution is -0.121. The first-order valence-corrected chi connectivity index (χ1v) is 7.72. The Kier molecular flexibility index (Phi) is 5.68. The van der Waals surface area contributed by atoms with Gasteiger partial charge < -0.3 is 10.4 Å². The summed E-state index contributed by atoms with van der Waals surface area (Å²) in [5.41, 5.74) is 2.80. The molecule has 0 fully saturated rings. The highest BCUT2D eigenvalue weighted by Gasteiger charge is 2.11. The molecule has 0 aliphatic rings. The first-order valence-electron chi connectivity index (χ1n) is 7.72. The third-order valence-electron chi connectivity index (χ3n) is 3.80. The van der Waals surface area contributed by atoms with Gasteiger partial charge in [-0.05, 0) is 61.2 Å². The number of rotatable bonds is 6. The second-order valence-corrected chi connectivity index (χ2v) is 5.92. The van der Waals surface area contributed by atoms with Crippen molar-refractivity contribution in [3.63, 3.8) is 0 Å². The smallest absolute Gasteiger partial charge is 0.335 e. The van der Waals surface area contributed by atoms with Gasteiger partial charge >= 0.3 is 5.97 Å². The Bertz CT molecular complexity index is 741. The first kappa shape index (κ1) is 17.7. The van der Waals surface area contributed by atoms with Gasteiger partial charge in [-0.3, -0.25) is 4.79 Å². The quantitative estimate of drug-likeness (QED) is 0.856. The van der Waals surface area contributed by atoms with Crippen molar-refractivity contribution >= 4 is 11.9 Å². The van der Waals surface area contributed by atoms with Crippen molar-refractivity contribution in [1.82, 2.24) is 5.32 Å². The molecule has 126 valence electrons. The molecule has 5 heteroatoms. The molecule has 0 bridgehead atoms. The Morgan fingerprint density at radius 1 is 1.17 bits per heavy atom. The zero-order chi connectivity index (χ0) is 17.7. The van der Waals surface area contributed by atoms with Crippen molar-refractivity contribution in [1.29, 1.82) is 0 Å². The third-order valence-corrected chi connectivity index (χ3v) is 3.80. The number of amides is 1. The summed E-state index contributed by atoms with van der Waals surface area (Å²) in [6.45, 7) is 3.74. The van der Waals surface area contributed by atoms with Crippen molar-refractivity contribution in [2.24, 2.45) is 0 Å². The van der Waals surface area contributed by atoms with Crippen molar-refractivity contribution in [3.05, 3.63) is 70.5 Å². The number of carboxylic acids is 1. The van der Waals surface area contributed by atoms with Crippen LogP contribution in [-0.4, -0.2) is 23.0 Å². The van der Waals surface area contributed by atoms with Gasteiger partial charge in [0.05, 0.1) is 12.0 Å². The molecule has 0 spiro atoms. The fraction of sp³-hybridized carbons (Fsp3) is 0.263. The molecule has 24 heavy (non-hydrogen) atoms. The Balaban J connectivity index is 1.90. The molecule has 2 rings (SSSR count). The van der Waals surface area contributed by atoms with Gasteiger partial charge in [-0.1, -0.05) is 18.2 Å². The van der Waals surface area contributed by atoms with Crippen molar-refractivity contribution in [2.75, 3.05) is 0 Å². The highest BCUT2D eigenvalue weighted by molar-refractivity contribution is 5.87. The predicted molar refractivity (Wildman–Crippen MR) is 89.6 cm³/mol. The monoisotopic (exact) mass is 329 g/mol. The molecule has 2 aromatic rings. The standard InChI is InChI=1S/C19H20FNO3/c1-12-9-17(20)8-7-16(12)10-13(2)21-18(22)11-14-3-5-15(6-4-14)19(23)24/h3-9,13H,10-11H2,1-2H3,(H,21,22)(H,23,24). The van der Waals surface area contributed by atoms with E-state index in [0.29, 0.717) is 6.42 Å². The fourth-order valence-corrected chi connectivity index (χ4v) is 2.55. The molecule has 1 unspecified atom stereocenters. The molecule has 1 amide bonds. The van der Waals surface area contributed by atoms with Crippen LogP contribution in [-0.2, 0) is 17.6 Å². The number of hydrogen-bond acceptors (Lipinski definition) is 2. The van der Waals surface area contributed by atoms with Crippen molar-refractivity contribution in [3.8, 4) is 0 Å². The van der Waals surface area contributed by atoms with Crippen LogP contribution in [0.1, 0.15) is 34.0 Å². The maximum atomic E-state index is 13.1.